The van der Waals surface area contributed by atoms with Crippen molar-refractivity contribution in [3.05, 3.63) is 54.1 Å². The van der Waals surface area contributed by atoms with E-state index in [0.29, 0.717) is 5.69 Å². The van der Waals surface area contributed by atoms with Gasteiger partial charge in [0.1, 0.15) is 17.5 Å². The molecule has 0 unspecified atom stereocenters. The van der Waals surface area contributed by atoms with Crippen LogP contribution >= 0.6 is 0 Å². The minimum atomic E-state index is -0.671. The van der Waals surface area contributed by atoms with Gasteiger partial charge in [0.05, 0.1) is 6.04 Å². The molecule has 0 saturated carbocycles. The molecule has 0 aromatic heterocycles. The SMILES string of the molecule is CCN(c1ccccc1)[C@@H]1c2cc(N)ccc2OC(C)(C)[C@H]1O. The van der Waals surface area contributed by atoms with Crippen LogP contribution in [0.3, 0.4) is 0 Å². The second-order valence-corrected chi connectivity index (χ2v) is 6.51. The fraction of sp³-hybridized carbons (Fsp3) is 0.368. The van der Waals surface area contributed by atoms with Gasteiger partial charge >= 0.3 is 0 Å². The van der Waals surface area contributed by atoms with Crippen molar-refractivity contribution in [2.75, 3.05) is 17.2 Å². The lowest BCUT2D eigenvalue weighted by atomic mass is 9.85. The van der Waals surface area contributed by atoms with Gasteiger partial charge in [0, 0.05) is 23.5 Å². The first-order chi connectivity index (χ1) is 10.9. The molecule has 3 rings (SSSR count). The molecular weight excluding hydrogens is 288 g/mol. The lowest BCUT2D eigenvalue weighted by Gasteiger charge is -2.47. The molecule has 1 aliphatic rings. The number of nitrogens with two attached hydrogens (primary N) is 1. The molecule has 0 amide bonds. The number of para-hydroxylation sites is 1. The van der Waals surface area contributed by atoms with E-state index in [4.69, 9.17) is 10.5 Å². The number of aliphatic hydroxyl groups excluding tert-OH is 1. The number of anilines is 2. The molecular formula is C19H24N2O2. The van der Waals surface area contributed by atoms with E-state index in [9.17, 15) is 5.11 Å². The summed E-state index contributed by atoms with van der Waals surface area (Å²) in [5.74, 6) is 0.786. The third-order valence-corrected chi connectivity index (χ3v) is 4.50. The van der Waals surface area contributed by atoms with E-state index in [1.54, 1.807) is 0 Å². The summed E-state index contributed by atoms with van der Waals surface area (Å²) < 4.78 is 6.02. The highest BCUT2D eigenvalue weighted by Crippen LogP contribution is 2.44. The molecule has 1 aliphatic heterocycles. The van der Waals surface area contributed by atoms with E-state index in [-0.39, 0.29) is 6.04 Å². The molecule has 2 aromatic carbocycles. The molecule has 0 fully saturated rings. The number of likely N-dealkylation sites (N-methyl/N-ethyl adjacent to an activating group) is 1. The molecule has 0 saturated heterocycles. The third kappa shape index (κ3) is 2.75. The largest absolute Gasteiger partial charge is 0.485 e. The minimum Gasteiger partial charge on any atom is -0.485 e. The quantitative estimate of drug-likeness (QED) is 0.853. The van der Waals surface area contributed by atoms with Crippen LogP contribution in [0.1, 0.15) is 32.4 Å². The normalized spacial score (nSPS) is 22.1. The van der Waals surface area contributed by atoms with E-state index < -0.39 is 11.7 Å². The van der Waals surface area contributed by atoms with Gasteiger partial charge < -0.3 is 20.5 Å². The predicted molar refractivity (Wildman–Crippen MR) is 93.8 cm³/mol. The highest BCUT2D eigenvalue weighted by atomic mass is 16.5. The highest BCUT2D eigenvalue weighted by molar-refractivity contribution is 5.56. The Morgan fingerprint density at radius 3 is 2.52 bits per heavy atom. The zero-order valence-electron chi connectivity index (χ0n) is 13.9. The van der Waals surface area contributed by atoms with Crippen LogP contribution in [0.15, 0.2) is 48.5 Å². The minimum absolute atomic E-state index is 0.204. The fourth-order valence-electron chi connectivity index (χ4n) is 3.28. The molecule has 4 nitrogen and oxygen atoms in total. The van der Waals surface area contributed by atoms with Crippen LogP contribution in [-0.2, 0) is 0 Å². The van der Waals surface area contributed by atoms with Crippen LogP contribution in [0.2, 0.25) is 0 Å². The molecule has 0 aliphatic carbocycles. The number of benzene rings is 2. The van der Waals surface area contributed by atoms with E-state index >= 15 is 0 Å². The number of hydrogen-bond acceptors (Lipinski definition) is 4. The Labute approximate surface area is 137 Å². The Morgan fingerprint density at radius 1 is 1.17 bits per heavy atom. The zero-order valence-corrected chi connectivity index (χ0v) is 13.9. The van der Waals surface area contributed by atoms with Crippen molar-refractivity contribution in [1.29, 1.82) is 0 Å². The summed E-state index contributed by atoms with van der Waals surface area (Å²) >= 11 is 0. The molecule has 2 aromatic rings. The summed E-state index contributed by atoms with van der Waals surface area (Å²) in [6, 6.07) is 15.6. The van der Waals surface area contributed by atoms with Crippen molar-refractivity contribution >= 4 is 11.4 Å². The van der Waals surface area contributed by atoms with Gasteiger partial charge in [-0.05, 0) is 51.1 Å². The summed E-state index contributed by atoms with van der Waals surface area (Å²) in [5, 5.41) is 11.0. The first-order valence-electron chi connectivity index (χ1n) is 8.02. The van der Waals surface area contributed by atoms with Gasteiger partial charge in [-0.1, -0.05) is 18.2 Å². The Bertz CT molecular complexity index is 685. The smallest absolute Gasteiger partial charge is 0.132 e. The van der Waals surface area contributed by atoms with Crippen molar-refractivity contribution in [3.8, 4) is 5.75 Å². The van der Waals surface area contributed by atoms with Gasteiger partial charge in [-0.25, -0.2) is 0 Å². The van der Waals surface area contributed by atoms with E-state index in [0.717, 1.165) is 23.5 Å². The molecule has 1 heterocycles. The third-order valence-electron chi connectivity index (χ3n) is 4.50. The fourth-order valence-corrected chi connectivity index (χ4v) is 3.28. The highest BCUT2D eigenvalue weighted by Gasteiger charge is 2.45. The van der Waals surface area contributed by atoms with E-state index in [1.807, 2.05) is 50.2 Å². The van der Waals surface area contributed by atoms with Gasteiger partial charge in [0.15, 0.2) is 0 Å². The van der Waals surface area contributed by atoms with E-state index in [2.05, 4.69) is 24.0 Å². The standard InChI is InChI=1S/C19H24N2O2/c1-4-21(14-8-6-5-7-9-14)17-15-12-13(20)10-11-16(15)23-19(2,3)18(17)22/h5-12,17-18,22H,4,20H2,1-3H3/t17-,18+/m1/s1. The molecule has 23 heavy (non-hydrogen) atoms. The lowest BCUT2D eigenvalue weighted by molar-refractivity contribution is -0.0585. The molecule has 0 radical (unpaired) electrons. The summed E-state index contributed by atoms with van der Waals surface area (Å²) in [4.78, 5) is 2.20. The second kappa shape index (κ2) is 5.78. The van der Waals surface area contributed by atoms with Crippen molar-refractivity contribution in [1.82, 2.24) is 0 Å². The van der Waals surface area contributed by atoms with Crippen LogP contribution in [0.5, 0.6) is 5.75 Å². The monoisotopic (exact) mass is 312 g/mol. The number of ether oxygens (including phenoxy) is 1. The van der Waals surface area contributed by atoms with Gasteiger partial charge in [-0.2, -0.15) is 0 Å². The van der Waals surface area contributed by atoms with Gasteiger partial charge in [0.2, 0.25) is 0 Å². The number of hydrogen-bond donors (Lipinski definition) is 2. The number of nitrogen functional groups attached to an aromatic ring is 1. The summed E-state index contributed by atoms with van der Waals surface area (Å²) in [6.07, 6.45) is -0.669. The average Bonchev–Trinajstić information content (AvgIpc) is 2.53. The van der Waals surface area contributed by atoms with Crippen LogP contribution in [-0.4, -0.2) is 23.4 Å². The zero-order chi connectivity index (χ0) is 16.6. The molecule has 2 atom stereocenters. The van der Waals surface area contributed by atoms with Crippen LogP contribution in [0, 0.1) is 0 Å². The summed E-state index contributed by atoms with van der Waals surface area (Å²) in [6.45, 7) is 6.70. The Morgan fingerprint density at radius 2 is 1.87 bits per heavy atom. The number of nitrogens with zero attached hydrogens (tertiary/aromatic N) is 1. The Hall–Kier alpha value is -2.20. The van der Waals surface area contributed by atoms with Gasteiger partial charge in [0.25, 0.3) is 0 Å². The van der Waals surface area contributed by atoms with Crippen LogP contribution in [0.4, 0.5) is 11.4 Å². The average molecular weight is 312 g/mol. The Balaban J connectivity index is 2.13. The van der Waals surface area contributed by atoms with Gasteiger partial charge in [-0.15, -0.1) is 0 Å². The number of rotatable bonds is 3. The van der Waals surface area contributed by atoms with Crippen molar-refractivity contribution in [2.45, 2.75) is 38.5 Å². The molecule has 4 heteroatoms. The molecule has 0 bridgehead atoms. The molecule has 3 N–H and O–H groups in total. The summed E-state index contributed by atoms with van der Waals surface area (Å²) in [5.41, 5.74) is 7.99. The van der Waals surface area contributed by atoms with Crippen molar-refractivity contribution in [2.24, 2.45) is 0 Å². The number of fused-ring (bicyclic) bond motifs is 1. The predicted octanol–water partition coefficient (Wildman–Crippen LogP) is 3.37. The first kappa shape index (κ1) is 15.7. The Kier molecular flexibility index (Phi) is 3.94. The second-order valence-electron chi connectivity index (χ2n) is 6.51. The molecule has 0 spiro atoms. The lowest BCUT2D eigenvalue weighted by Crippen LogP contribution is -2.53. The maximum Gasteiger partial charge on any atom is 0.132 e. The number of aliphatic hydroxyl groups is 1. The van der Waals surface area contributed by atoms with Crippen molar-refractivity contribution in [3.63, 3.8) is 0 Å². The maximum atomic E-state index is 11.0. The molecule has 122 valence electrons. The maximum absolute atomic E-state index is 11.0. The topological polar surface area (TPSA) is 58.7 Å². The van der Waals surface area contributed by atoms with Crippen LogP contribution < -0.4 is 15.4 Å². The van der Waals surface area contributed by atoms with Crippen molar-refractivity contribution < 1.29 is 9.84 Å². The van der Waals surface area contributed by atoms with E-state index in [1.165, 1.54) is 0 Å². The van der Waals surface area contributed by atoms with Crippen LogP contribution in [0.25, 0.3) is 0 Å². The summed E-state index contributed by atoms with van der Waals surface area (Å²) in [7, 11) is 0. The van der Waals surface area contributed by atoms with Gasteiger partial charge in [-0.3, -0.25) is 0 Å². The first-order valence-corrected chi connectivity index (χ1v) is 8.02.